The Balaban J connectivity index is 1.31. The number of benzene rings is 3. The molecule has 0 atom stereocenters. The molecule has 0 bridgehead atoms. The molecule has 1 aliphatic rings. The van der Waals surface area contributed by atoms with Crippen molar-refractivity contribution in [2.24, 2.45) is 5.92 Å². The highest BCUT2D eigenvalue weighted by Gasteiger charge is 2.30. The maximum absolute atomic E-state index is 12.9. The lowest BCUT2D eigenvalue weighted by molar-refractivity contribution is 0.263. The topological polar surface area (TPSA) is 37.4 Å². The zero-order chi connectivity index (χ0) is 21.0. The molecular weight excluding hydrogens is 414 g/mol. The van der Waals surface area contributed by atoms with Crippen LogP contribution in [0.3, 0.4) is 0 Å². The average Bonchev–Trinajstić information content (AvgIpc) is 2.79. The van der Waals surface area contributed by atoms with E-state index in [0.29, 0.717) is 24.0 Å². The maximum Gasteiger partial charge on any atom is 0.244 e. The molecule has 1 fully saturated rings. The molecular formula is C25H26ClNO2S. The zero-order valence-electron chi connectivity index (χ0n) is 16.9. The Morgan fingerprint density at radius 3 is 2.07 bits per heavy atom. The number of hydrogen-bond donors (Lipinski definition) is 0. The number of halogens is 1. The lowest BCUT2D eigenvalue weighted by Crippen LogP contribution is -2.38. The van der Waals surface area contributed by atoms with Gasteiger partial charge >= 0.3 is 0 Å². The van der Waals surface area contributed by atoms with Crippen LogP contribution in [0.15, 0.2) is 83.8 Å². The summed E-state index contributed by atoms with van der Waals surface area (Å²) in [7, 11) is -3.51. The monoisotopic (exact) mass is 439 g/mol. The van der Waals surface area contributed by atoms with Crippen molar-refractivity contribution in [1.29, 1.82) is 0 Å². The van der Waals surface area contributed by atoms with Crippen molar-refractivity contribution < 1.29 is 8.42 Å². The Labute approximate surface area is 184 Å². The lowest BCUT2D eigenvalue weighted by atomic mass is 9.91. The molecule has 0 radical (unpaired) electrons. The van der Waals surface area contributed by atoms with Crippen LogP contribution >= 0.6 is 11.6 Å². The minimum atomic E-state index is -3.51. The van der Waals surface area contributed by atoms with E-state index in [2.05, 4.69) is 48.5 Å². The molecule has 5 heteroatoms. The van der Waals surface area contributed by atoms with Gasteiger partial charge in [-0.2, -0.15) is 4.31 Å². The van der Waals surface area contributed by atoms with Crippen molar-refractivity contribution in [3.63, 3.8) is 0 Å². The Morgan fingerprint density at radius 1 is 0.800 bits per heavy atom. The number of sulfonamides is 1. The standard InChI is InChI=1S/C25H26ClNO2S/c26-24-8-4-5-9-25(24)30(28,29)27-18-16-21(17-19-27)11-10-20-12-14-23(15-13-20)22-6-2-1-3-7-22/h1-9,12-15,21H,10-11,16-19H2. The first-order chi connectivity index (χ1) is 14.5. The van der Waals surface area contributed by atoms with Crippen LogP contribution in [0.4, 0.5) is 0 Å². The van der Waals surface area contributed by atoms with Crippen LogP contribution in [-0.4, -0.2) is 25.8 Å². The van der Waals surface area contributed by atoms with Crippen LogP contribution in [0.1, 0.15) is 24.8 Å². The molecule has 0 saturated carbocycles. The predicted molar refractivity (Wildman–Crippen MR) is 123 cm³/mol. The van der Waals surface area contributed by atoms with Gasteiger partial charge in [0.05, 0.1) is 5.02 Å². The molecule has 30 heavy (non-hydrogen) atoms. The van der Waals surface area contributed by atoms with E-state index < -0.39 is 10.0 Å². The van der Waals surface area contributed by atoms with Gasteiger partial charge in [0.15, 0.2) is 0 Å². The third-order valence-corrected chi connectivity index (χ3v) is 8.33. The highest BCUT2D eigenvalue weighted by atomic mass is 35.5. The minimum Gasteiger partial charge on any atom is -0.207 e. The van der Waals surface area contributed by atoms with Gasteiger partial charge in [0.2, 0.25) is 10.0 Å². The van der Waals surface area contributed by atoms with Crippen LogP contribution in [0.25, 0.3) is 11.1 Å². The highest BCUT2D eigenvalue weighted by molar-refractivity contribution is 7.89. The number of nitrogens with zero attached hydrogens (tertiary/aromatic N) is 1. The van der Waals surface area contributed by atoms with Gasteiger partial charge < -0.3 is 0 Å². The van der Waals surface area contributed by atoms with Crippen molar-refractivity contribution in [3.8, 4) is 11.1 Å². The molecule has 3 nitrogen and oxygen atoms in total. The molecule has 1 heterocycles. The summed E-state index contributed by atoms with van der Waals surface area (Å²) in [6, 6.07) is 25.9. The highest BCUT2D eigenvalue weighted by Crippen LogP contribution is 2.30. The fraction of sp³-hybridized carbons (Fsp3) is 0.280. The molecule has 3 aromatic carbocycles. The van der Waals surface area contributed by atoms with Crippen molar-refractivity contribution in [2.75, 3.05) is 13.1 Å². The summed E-state index contributed by atoms with van der Waals surface area (Å²) in [6.07, 6.45) is 3.90. The Bertz CT molecular complexity index is 1070. The first kappa shape index (κ1) is 21.1. The number of hydrogen-bond acceptors (Lipinski definition) is 2. The summed E-state index contributed by atoms with van der Waals surface area (Å²) in [6.45, 7) is 1.12. The van der Waals surface area contributed by atoms with Gasteiger partial charge in [0, 0.05) is 13.1 Å². The zero-order valence-corrected chi connectivity index (χ0v) is 18.4. The van der Waals surface area contributed by atoms with Crippen molar-refractivity contribution in [1.82, 2.24) is 4.31 Å². The molecule has 1 saturated heterocycles. The number of rotatable bonds is 6. The van der Waals surface area contributed by atoms with E-state index in [1.54, 1.807) is 28.6 Å². The van der Waals surface area contributed by atoms with Crippen molar-refractivity contribution in [2.45, 2.75) is 30.6 Å². The Morgan fingerprint density at radius 2 is 1.40 bits per heavy atom. The van der Waals surface area contributed by atoms with Gasteiger partial charge in [-0.25, -0.2) is 8.42 Å². The van der Waals surface area contributed by atoms with E-state index in [4.69, 9.17) is 11.6 Å². The summed E-state index contributed by atoms with van der Waals surface area (Å²) in [5, 5.41) is 0.290. The van der Waals surface area contributed by atoms with Gasteiger partial charge in [0.25, 0.3) is 0 Å². The van der Waals surface area contributed by atoms with Gasteiger partial charge in [-0.05, 0) is 60.4 Å². The van der Waals surface area contributed by atoms with Gasteiger partial charge in [-0.1, -0.05) is 78.3 Å². The Kier molecular flexibility index (Phi) is 6.57. The molecule has 0 amide bonds. The second-order valence-electron chi connectivity index (χ2n) is 7.88. The van der Waals surface area contributed by atoms with Crippen LogP contribution < -0.4 is 0 Å². The number of piperidine rings is 1. The van der Waals surface area contributed by atoms with Crippen LogP contribution in [0.2, 0.25) is 5.02 Å². The molecule has 1 aliphatic heterocycles. The SMILES string of the molecule is O=S(=O)(c1ccccc1Cl)N1CCC(CCc2ccc(-c3ccccc3)cc2)CC1. The summed E-state index contributed by atoms with van der Waals surface area (Å²) >= 11 is 6.12. The summed E-state index contributed by atoms with van der Waals surface area (Å²) in [5.41, 5.74) is 3.80. The second kappa shape index (κ2) is 9.34. The molecule has 0 unspecified atom stereocenters. The maximum atomic E-state index is 12.9. The lowest BCUT2D eigenvalue weighted by Gasteiger charge is -2.31. The van der Waals surface area contributed by atoms with E-state index in [0.717, 1.165) is 25.7 Å². The summed E-state index contributed by atoms with van der Waals surface area (Å²) in [5.74, 6) is 0.552. The largest absolute Gasteiger partial charge is 0.244 e. The van der Waals surface area contributed by atoms with Gasteiger partial charge in [0.1, 0.15) is 4.90 Å². The average molecular weight is 440 g/mol. The van der Waals surface area contributed by atoms with Crippen molar-refractivity contribution >= 4 is 21.6 Å². The first-order valence-electron chi connectivity index (χ1n) is 10.4. The van der Waals surface area contributed by atoms with Crippen molar-refractivity contribution in [3.05, 3.63) is 89.4 Å². The van der Waals surface area contributed by atoms with E-state index in [1.165, 1.54) is 16.7 Å². The molecule has 4 rings (SSSR count). The predicted octanol–water partition coefficient (Wildman–Crippen LogP) is 6.04. The summed E-state index contributed by atoms with van der Waals surface area (Å²) in [4.78, 5) is 0.212. The quantitative estimate of drug-likeness (QED) is 0.469. The fourth-order valence-corrected chi connectivity index (χ4v) is 6.06. The number of aryl methyl sites for hydroxylation is 1. The first-order valence-corrected chi connectivity index (χ1v) is 12.2. The molecule has 0 spiro atoms. The van der Waals surface area contributed by atoms with Crippen LogP contribution in [0, 0.1) is 5.92 Å². The van der Waals surface area contributed by atoms with E-state index in [9.17, 15) is 8.42 Å². The molecule has 3 aromatic rings. The van der Waals surface area contributed by atoms with Gasteiger partial charge in [-0.15, -0.1) is 0 Å². The molecule has 0 N–H and O–H groups in total. The van der Waals surface area contributed by atoms with Gasteiger partial charge in [-0.3, -0.25) is 0 Å². The molecule has 0 aromatic heterocycles. The fourth-order valence-electron chi connectivity index (χ4n) is 4.10. The molecule has 0 aliphatic carbocycles. The van der Waals surface area contributed by atoms with Crippen LogP contribution in [0.5, 0.6) is 0 Å². The summed E-state index contributed by atoms with van der Waals surface area (Å²) < 4.78 is 27.4. The van der Waals surface area contributed by atoms with E-state index >= 15 is 0 Å². The third kappa shape index (κ3) is 4.77. The second-order valence-corrected chi connectivity index (χ2v) is 10.2. The van der Waals surface area contributed by atoms with E-state index in [1.807, 2.05) is 6.07 Å². The van der Waals surface area contributed by atoms with Crippen LogP contribution in [-0.2, 0) is 16.4 Å². The normalized spacial score (nSPS) is 15.9. The molecule has 156 valence electrons. The smallest absolute Gasteiger partial charge is 0.207 e. The minimum absolute atomic E-state index is 0.212. The van der Waals surface area contributed by atoms with E-state index in [-0.39, 0.29) is 4.90 Å². The Hall–Kier alpha value is -2.14. The third-order valence-electron chi connectivity index (χ3n) is 5.93.